The maximum Gasteiger partial charge on any atom is 0.0630 e. The molecule has 0 aliphatic rings. The van der Waals surface area contributed by atoms with Gasteiger partial charge in [-0.15, -0.1) is 0 Å². The van der Waals surface area contributed by atoms with Crippen LogP contribution in [0.1, 0.15) is 66.1 Å². The lowest BCUT2D eigenvalue weighted by Crippen LogP contribution is -2.38. The number of nitrogens with zero attached hydrogens (tertiary/aromatic N) is 2. The van der Waals surface area contributed by atoms with E-state index in [1.54, 1.807) is 0 Å². The van der Waals surface area contributed by atoms with Crippen LogP contribution in [0.3, 0.4) is 0 Å². The molecule has 1 aromatic heterocycles. The molecule has 20 heavy (non-hydrogen) atoms. The van der Waals surface area contributed by atoms with E-state index in [0.29, 0.717) is 12.0 Å². The van der Waals surface area contributed by atoms with E-state index in [0.717, 1.165) is 25.9 Å². The maximum absolute atomic E-state index is 4.77. The Labute approximate surface area is 125 Å². The third kappa shape index (κ3) is 4.62. The van der Waals surface area contributed by atoms with E-state index in [4.69, 9.17) is 5.10 Å². The van der Waals surface area contributed by atoms with Gasteiger partial charge in [0.25, 0.3) is 0 Å². The van der Waals surface area contributed by atoms with Gasteiger partial charge < -0.3 is 5.32 Å². The highest BCUT2D eigenvalue weighted by Gasteiger charge is 2.29. The van der Waals surface area contributed by atoms with E-state index in [1.165, 1.54) is 12.1 Å². The van der Waals surface area contributed by atoms with E-state index in [2.05, 4.69) is 63.8 Å². The normalized spacial score (nSPS) is 16.4. The Morgan fingerprint density at radius 3 is 2.55 bits per heavy atom. The average Bonchev–Trinajstić information content (AvgIpc) is 2.86. The molecule has 0 bridgehead atoms. The molecule has 116 valence electrons. The van der Waals surface area contributed by atoms with Crippen LogP contribution in [0.4, 0.5) is 0 Å². The molecule has 1 heterocycles. The number of rotatable bonds is 9. The zero-order valence-electron chi connectivity index (χ0n) is 14.2. The van der Waals surface area contributed by atoms with Crippen LogP contribution in [-0.4, -0.2) is 22.9 Å². The van der Waals surface area contributed by atoms with Gasteiger partial charge in [0.15, 0.2) is 0 Å². The smallest absolute Gasteiger partial charge is 0.0630 e. The minimum Gasteiger partial charge on any atom is -0.316 e. The molecule has 2 unspecified atom stereocenters. The summed E-state index contributed by atoms with van der Waals surface area (Å²) in [6, 6.07) is 2.68. The molecule has 1 aromatic rings. The van der Waals surface area contributed by atoms with Gasteiger partial charge in [0.05, 0.1) is 5.69 Å². The fourth-order valence-corrected chi connectivity index (χ4v) is 2.34. The van der Waals surface area contributed by atoms with Crippen molar-refractivity contribution in [3.8, 4) is 0 Å². The van der Waals surface area contributed by atoms with Gasteiger partial charge in [-0.05, 0) is 50.1 Å². The predicted octanol–water partition coefficient (Wildman–Crippen LogP) is 4.06. The first-order chi connectivity index (χ1) is 9.42. The standard InChI is InChI=1S/C17H33N3/c1-7-10-18-13-17(6,14(3)4)12-16-9-11-20(19-16)15(5)8-2/h9,11,14-15,18H,7-8,10,12-13H2,1-6H3. The van der Waals surface area contributed by atoms with Gasteiger partial charge in [0.1, 0.15) is 0 Å². The van der Waals surface area contributed by atoms with Crippen molar-refractivity contribution in [2.45, 2.75) is 66.8 Å². The summed E-state index contributed by atoms with van der Waals surface area (Å²) in [5.41, 5.74) is 1.49. The van der Waals surface area contributed by atoms with Crippen LogP contribution in [0.15, 0.2) is 12.3 Å². The molecular formula is C17H33N3. The minimum absolute atomic E-state index is 0.268. The Kier molecular flexibility index (Phi) is 6.74. The molecular weight excluding hydrogens is 246 g/mol. The lowest BCUT2D eigenvalue weighted by molar-refractivity contribution is 0.205. The van der Waals surface area contributed by atoms with Crippen LogP contribution in [0.2, 0.25) is 0 Å². The van der Waals surface area contributed by atoms with E-state index < -0.39 is 0 Å². The quantitative estimate of drug-likeness (QED) is 0.691. The summed E-state index contributed by atoms with van der Waals surface area (Å²) in [5.74, 6) is 0.639. The van der Waals surface area contributed by atoms with Crippen molar-refractivity contribution in [3.63, 3.8) is 0 Å². The van der Waals surface area contributed by atoms with Crippen molar-refractivity contribution in [2.75, 3.05) is 13.1 Å². The van der Waals surface area contributed by atoms with E-state index in [9.17, 15) is 0 Å². The lowest BCUT2D eigenvalue weighted by Gasteiger charge is -2.33. The molecule has 0 spiro atoms. The van der Waals surface area contributed by atoms with E-state index >= 15 is 0 Å². The Morgan fingerprint density at radius 1 is 1.30 bits per heavy atom. The Morgan fingerprint density at radius 2 is 2.00 bits per heavy atom. The first kappa shape index (κ1) is 17.2. The second kappa shape index (κ2) is 7.82. The molecule has 0 saturated heterocycles. The second-order valence-electron chi connectivity index (χ2n) is 6.71. The molecule has 0 aliphatic heterocycles. The van der Waals surface area contributed by atoms with Gasteiger partial charge in [-0.25, -0.2) is 0 Å². The molecule has 2 atom stereocenters. The first-order valence-electron chi connectivity index (χ1n) is 8.17. The molecule has 0 aliphatic carbocycles. The van der Waals surface area contributed by atoms with Gasteiger partial charge >= 0.3 is 0 Å². The highest BCUT2D eigenvalue weighted by molar-refractivity contribution is 5.04. The summed E-state index contributed by atoms with van der Waals surface area (Å²) in [5, 5.41) is 8.35. The fraction of sp³-hybridized carbons (Fsp3) is 0.824. The van der Waals surface area contributed by atoms with Crippen LogP contribution in [-0.2, 0) is 6.42 Å². The second-order valence-corrected chi connectivity index (χ2v) is 6.71. The van der Waals surface area contributed by atoms with Crippen LogP contribution < -0.4 is 5.32 Å². The predicted molar refractivity (Wildman–Crippen MR) is 87.0 cm³/mol. The molecule has 1 rings (SSSR count). The molecule has 3 heteroatoms. The van der Waals surface area contributed by atoms with Gasteiger partial charge in [0, 0.05) is 18.8 Å². The van der Waals surface area contributed by atoms with E-state index in [1.807, 2.05) is 0 Å². The third-order valence-corrected chi connectivity index (χ3v) is 4.64. The van der Waals surface area contributed by atoms with Crippen molar-refractivity contribution in [1.82, 2.24) is 15.1 Å². The van der Waals surface area contributed by atoms with Gasteiger partial charge in [0.2, 0.25) is 0 Å². The van der Waals surface area contributed by atoms with Crippen molar-refractivity contribution in [3.05, 3.63) is 18.0 Å². The number of hydrogen-bond donors (Lipinski definition) is 1. The first-order valence-corrected chi connectivity index (χ1v) is 8.17. The van der Waals surface area contributed by atoms with E-state index in [-0.39, 0.29) is 5.41 Å². The number of aromatic nitrogens is 2. The SMILES string of the molecule is CCCNCC(C)(Cc1ccn(C(C)CC)n1)C(C)C. The van der Waals surface area contributed by atoms with Crippen molar-refractivity contribution >= 4 is 0 Å². The van der Waals surface area contributed by atoms with Crippen molar-refractivity contribution < 1.29 is 0 Å². The monoisotopic (exact) mass is 279 g/mol. The van der Waals surface area contributed by atoms with Gasteiger partial charge in [-0.2, -0.15) is 5.10 Å². The lowest BCUT2D eigenvalue weighted by atomic mass is 9.75. The summed E-state index contributed by atoms with van der Waals surface area (Å²) in [6.45, 7) is 15.8. The Bertz CT molecular complexity index is 383. The van der Waals surface area contributed by atoms with Gasteiger partial charge in [-0.1, -0.05) is 34.6 Å². The molecule has 0 amide bonds. The highest BCUT2D eigenvalue weighted by Crippen LogP contribution is 2.30. The molecule has 1 N–H and O–H groups in total. The van der Waals surface area contributed by atoms with Crippen LogP contribution in [0.5, 0.6) is 0 Å². The summed E-state index contributed by atoms with van der Waals surface area (Å²) >= 11 is 0. The highest BCUT2D eigenvalue weighted by atomic mass is 15.3. The zero-order chi connectivity index (χ0) is 15.2. The number of hydrogen-bond acceptors (Lipinski definition) is 2. The summed E-state index contributed by atoms with van der Waals surface area (Å²) in [7, 11) is 0. The van der Waals surface area contributed by atoms with Crippen LogP contribution >= 0.6 is 0 Å². The van der Waals surface area contributed by atoms with Crippen molar-refractivity contribution in [1.29, 1.82) is 0 Å². The summed E-state index contributed by atoms with van der Waals surface area (Å²) < 4.78 is 2.11. The van der Waals surface area contributed by atoms with Gasteiger partial charge in [-0.3, -0.25) is 4.68 Å². The topological polar surface area (TPSA) is 29.9 Å². The van der Waals surface area contributed by atoms with Crippen LogP contribution in [0.25, 0.3) is 0 Å². The largest absolute Gasteiger partial charge is 0.316 e. The molecule has 0 aromatic carbocycles. The summed E-state index contributed by atoms with van der Waals surface area (Å²) in [4.78, 5) is 0. The Balaban J connectivity index is 2.72. The zero-order valence-corrected chi connectivity index (χ0v) is 14.2. The average molecular weight is 279 g/mol. The van der Waals surface area contributed by atoms with Crippen molar-refractivity contribution in [2.24, 2.45) is 11.3 Å². The molecule has 3 nitrogen and oxygen atoms in total. The number of nitrogens with one attached hydrogen (secondary N) is 1. The molecule has 0 radical (unpaired) electrons. The fourth-order valence-electron chi connectivity index (χ4n) is 2.34. The molecule has 0 saturated carbocycles. The summed E-state index contributed by atoms with van der Waals surface area (Å²) in [6.07, 6.45) is 5.49. The Hall–Kier alpha value is -0.830. The maximum atomic E-state index is 4.77. The minimum atomic E-state index is 0.268. The molecule has 0 fully saturated rings. The van der Waals surface area contributed by atoms with Crippen LogP contribution in [0, 0.1) is 11.3 Å². The third-order valence-electron chi connectivity index (χ3n) is 4.64.